The van der Waals surface area contributed by atoms with Gasteiger partial charge in [0.25, 0.3) is 0 Å². The predicted molar refractivity (Wildman–Crippen MR) is 89.6 cm³/mol. The normalized spacial score (nSPS) is 13.0. The van der Waals surface area contributed by atoms with Crippen LogP contribution in [0.4, 0.5) is 0 Å². The second-order valence-corrected chi connectivity index (χ2v) is 7.08. The van der Waals surface area contributed by atoms with Crippen LogP contribution < -0.4 is 0 Å². The van der Waals surface area contributed by atoms with E-state index in [1.54, 1.807) is 12.1 Å². The molecule has 2 nitrogen and oxygen atoms in total. The third-order valence-corrected chi connectivity index (χ3v) is 4.29. The van der Waals surface area contributed by atoms with Crippen LogP contribution in [0.3, 0.4) is 0 Å². The second-order valence-electron chi connectivity index (χ2n) is 5.76. The smallest absolute Gasteiger partial charge is 0.165 e. The summed E-state index contributed by atoms with van der Waals surface area (Å²) in [5, 5.41) is 0.516. The third kappa shape index (κ3) is 5.55. The fourth-order valence-electron chi connectivity index (χ4n) is 2.21. The molecular formula is C16H23BrClNO. The molecule has 0 saturated carbocycles. The Labute approximate surface area is 135 Å². The van der Waals surface area contributed by atoms with Crippen LogP contribution in [-0.4, -0.2) is 30.3 Å². The lowest BCUT2D eigenvalue weighted by molar-refractivity contribution is 0.0959. The lowest BCUT2D eigenvalue weighted by Crippen LogP contribution is -2.32. The molecule has 0 bridgehead atoms. The standard InChI is InChI=1S/C16H23BrClNO/c1-11(2)9-12(3)19(4)8-7-16(20)14-6-5-13(17)10-15(14)18/h5-6,10-12H,7-9H2,1-4H3. The zero-order valence-corrected chi connectivity index (χ0v) is 15.0. The van der Waals surface area contributed by atoms with Gasteiger partial charge in [0.2, 0.25) is 0 Å². The molecular weight excluding hydrogens is 338 g/mol. The fraction of sp³-hybridized carbons (Fsp3) is 0.562. The van der Waals surface area contributed by atoms with Gasteiger partial charge in [-0.1, -0.05) is 41.4 Å². The van der Waals surface area contributed by atoms with Gasteiger partial charge in [-0.25, -0.2) is 0 Å². The third-order valence-electron chi connectivity index (χ3n) is 3.49. The molecule has 0 spiro atoms. The SMILES string of the molecule is CC(C)CC(C)N(C)CCC(=O)c1ccc(Br)cc1Cl. The number of carbonyl (C=O) groups excluding carboxylic acids is 1. The number of rotatable bonds is 7. The molecule has 1 aromatic rings. The highest BCUT2D eigenvalue weighted by molar-refractivity contribution is 9.10. The van der Waals surface area contributed by atoms with Crippen LogP contribution in [0.25, 0.3) is 0 Å². The summed E-state index contributed by atoms with van der Waals surface area (Å²) in [5.41, 5.74) is 0.611. The molecule has 112 valence electrons. The number of hydrogen-bond acceptors (Lipinski definition) is 2. The summed E-state index contributed by atoms with van der Waals surface area (Å²) in [6, 6.07) is 5.89. The first-order chi connectivity index (χ1) is 9.31. The van der Waals surface area contributed by atoms with Gasteiger partial charge in [0.05, 0.1) is 5.02 Å². The van der Waals surface area contributed by atoms with E-state index in [1.807, 2.05) is 6.07 Å². The molecule has 0 aliphatic heterocycles. The average molecular weight is 361 g/mol. The highest BCUT2D eigenvalue weighted by Crippen LogP contribution is 2.22. The number of ketones is 1. The minimum absolute atomic E-state index is 0.103. The van der Waals surface area contributed by atoms with Gasteiger partial charge >= 0.3 is 0 Å². The van der Waals surface area contributed by atoms with Gasteiger partial charge in [-0.15, -0.1) is 0 Å². The van der Waals surface area contributed by atoms with Crippen molar-refractivity contribution in [2.75, 3.05) is 13.6 Å². The van der Waals surface area contributed by atoms with E-state index < -0.39 is 0 Å². The summed E-state index contributed by atoms with van der Waals surface area (Å²) in [6.07, 6.45) is 1.64. The van der Waals surface area contributed by atoms with Crippen molar-refractivity contribution >= 4 is 33.3 Å². The largest absolute Gasteiger partial charge is 0.303 e. The van der Waals surface area contributed by atoms with Crippen LogP contribution in [0.2, 0.25) is 5.02 Å². The lowest BCUT2D eigenvalue weighted by atomic mass is 10.0. The Bertz CT molecular complexity index is 462. The maximum atomic E-state index is 12.2. The summed E-state index contributed by atoms with van der Waals surface area (Å²) < 4.78 is 0.890. The van der Waals surface area contributed by atoms with E-state index in [1.165, 1.54) is 0 Å². The molecule has 1 atom stereocenters. The highest BCUT2D eigenvalue weighted by Gasteiger charge is 2.15. The summed E-state index contributed by atoms with van der Waals surface area (Å²) in [7, 11) is 2.07. The van der Waals surface area contributed by atoms with E-state index in [0.717, 1.165) is 17.4 Å². The molecule has 0 radical (unpaired) electrons. The van der Waals surface area contributed by atoms with Gasteiger partial charge in [-0.3, -0.25) is 4.79 Å². The Morgan fingerprint density at radius 1 is 1.35 bits per heavy atom. The molecule has 0 aromatic heterocycles. The maximum absolute atomic E-state index is 12.2. The molecule has 1 rings (SSSR count). The number of Topliss-reactive ketones (excluding diaryl/α,β-unsaturated/α-hetero) is 1. The van der Waals surface area contributed by atoms with E-state index in [-0.39, 0.29) is 5.78 Å². The maximum Gasteiger partial charge on any atom is 0.165 e. The first-order valence-electron chi connectivity index (χ1n) is 6.99. The Kier molecular flexibility index (Phi) is 7.21. The van der Waals surface area contributed by atoms with Gasteiger partial charge in [0.1, 0.15) is 0 Å². The predicted octanol–water partition coefficient (Wildman–Crippen LogP) is 5.04. The van der Waals surface area contributed by atoms with E-state index in [4.69, 9.17) is 11.6 Å². The Hall–Kier alpha value is -0.380. The Morgan fingerprint density at radius 2 is 2.00 bits per heavy atom. The van der Waals surface area contributed by atoms with Crippen molar-refractivity contribution in [2.45, 2.75) is 39.7 Å². The summed E-state index contributed by atoms with van der Waals surface area (Å²) in [4.78, 5) is 14.4. The molecule has 1 aromatic carbocycles. The second kappa shape index (κ2) is 8.16. The quantitative estimate of drug-likeness (QED) is 0.635. The van der Waals surface area contributed by atoms with Crippen molar-refractivity contribution in [1.82, 2.24) is 4.90 Å². The molecule has 0 amide bonds. The Morgan fingerprint density at radius 3 is 2.55 bits per heavy atom. The van der Waals surface area contributed by atoms with Gasteiger partial charge in [0, 0.05) is 29.0 Å². The highest BCUT2D eigenvalue weighted by atomic mass is 79.9. The minimum atomic E-state index is 0.103. The van der Waals surface area contributed by atoms with Crippen LogP contribution >= 0.6 is 27.5 Å². The van der Waals surface area contributed by atoms with Crippen molar-refractivity contribution in [2.24, 2.45) is 5.92 Å². The van der Waals surface area contributed by atoms with E-state index >= 15 is 0 Å². The molecule has 0 heterocycles. The lowest BCUT2D eigenvalue weighted by Gasteiger charge is -2.25. The number of hydrogen-bond donors (Lipinski definition) is 0. The fourth-order valence-corrected chi connectivity index (χ4v) is 2.99. The van der Waals surface area contributed by atoms with E-state index in [9.17, 15) is 4.79 Å². The zero-order valence-electron chi connectivity index (χ0n) is 12.6. The molecule has 0 fully saturated rings. The van der Waals surface area contributed by atoms with Gasteiger partial charge in [0.15, 0.2) is 5.78 Å². The molecule has 0 saturated heterocycles. The van der Waals surface area contributed by atoms with Crippen LogP contribution in [0.5, 0.6) is 0 Å². The summed E-state index contributed by atoms with van der Waals surface area (Å²) in [6.45, 7) is 7.41. The minimum Gasteiger partial charge on any atom is -0.303 e. The van der Waals surface area contributed by atoms with Crippen LogP contribution in [0.1, 0.15) is 44.0 Å². The monoisotopic (exact) mass is 359 g/mol. The zero-order chi connectivity index (χ0) is 15.3. The first-order valence-corrected chi connectivity index (χ1v) is 8.16. The van der Waals surface area contributed by atoms with E-state index in [0.29, 0.717) is 29.0 Å². The van der Waals surface area contributed by atoms with Crippen molar-refractivity contribution in [3.8, 4) is 0 Å². The number of halogens is 2. The van der Waals surface area contributed by atoms with Crippen molar-refractivity contribution < 1.29 is 4.79 Å². The molecule has 0 aliphatic rings. The van der Waals surface area contributed by atoms with Gasteiger partial charge in [-0.05, 0) is 44.5 Å². The molecule has 1 unspecified atom stereocenters. The van der Waals surface area contributed by atoms with Crippen molar-refractivity contribution in [1.29, 1.82) is 0 Å². The van der Waals surface area contributed by atoms with E-state index in [2.05, 4.69) is 48.6 Å². The first kappa shape index (κ1) is 17.7. The summed E-state index contributed by atoms with van der Waals surface area (Å²) in [5.74, 6) is 0.773. The van der Waals surface area contributed by atoms with Crippen LogP contribution in [0, 0.1) is 5.92 Å². The topological polar surface area (TPSA) is 20.3 Å². The number of carbonyl (C=O) groups is 1. The van der Waals surface area contributed by atoms with Crippen LogP contribution in [-0.2, 0) is 0 Å². The van der Waals surface area contributed by atoms with Crippen LogP contribution in [0.15, 0.2) is 22.7 Å². The summed E-state index contributed by atoms with van der Waals surface area (Å²) >= 11 is 9.45. The molecule has 0 N–H and O–H groups in total. The molecule has 0 aliphatic carbocycles. The average Bonchev–Trinajstić information content (AvgIpc) is 2.34. The number of benzene rings is 1. The molecule has 20 heavy (non-hydrogen) atoms. The Balaban J connectivity index is 2.54. The van der Waals surface area contributed by atoms with Gasteiger partial charge in [-0.2, -0.15) is 0 Å². The molecule has 4 heteroatoms. The number of nitrogens with zero attached hydrogens (tertiary/aromatic N) is 1. The van der Waals surface area contributed by atoms with Gasteiger partial charge < -0.3 is 4.90 Å². The van der Waals surface area contributed by atoms with Crippen molar-refractivity contribution in [3.05, 3.63) is 33.3 Å². The van der Waals surface area contributed by atoms with Crippen molar-refractivity contribution in [3.63, 3.8) is 0 Å².